The van der Waals surface area contributed by atoms with Crippen molar-refractivity contribution in [2.45, 2.75) is 51.1 Å². The van der Waals surface area contributed by atoms with Crippen molar-refractivity contribution in [3.8, 4) is 0 Å². The molecule has 3 aliphatic rings. The lowest BCUT2D eigenvalue weighted by Crippen LogP contribution is -2.56. The SMILES string of the molecule is CC(C)N1CCC2(CC1)NC(=O)N(CC1CCNCC1)C2=O. The fraction of sp³-hybridized carbons (Fsp3) is 0.875. The average Bonchev–Trinajstić information content (AvgIpc) is 2.73. The molecule has 0 unspecified atom stereocenters. The summed E-state index contributed by atoms with van der Waals surface area (Å²) in [6, 6.07) is 0.317. The van der Waals surface area contributed by atoms with Crippen molar-refractivity contribution in [1.82, 2.24) is 20.4 Å². The first kappa shape index (κ1) is 15.7. The van der Waals surface area contributed by atoms with Crippen LogP contribution in [0.1, 0.15) is 39.5 Å². The van der Waals surface area contributed by atoms with E-state index in [-0.39, 0.29) is 11.9 Å². The van der Waals surface area contributed by atoms with Crippen molar-refractivity contribution in [2.24, 2.45) is 5.92 Å². The maximum Gasteiger partial charge on any atom is 0.325 e. The van der Waals surface area contributed by atoms with E-state index in [0.717, 1.165) is 51.9 Å². The van der Waals surface area contributed by atoms with Crippen LogP contribution in [-0.4, -0.2) is 66.0 Å². The highest BCUT2D eigenvalue weighted by atomic mass is 16.2. The minimum absolute atomic E-state index is 0.0134. The molecular formula is C16H28N4O2. The van der Waals surface area contributed by atoms with E-state index in [1.165, 1.54) is 4.90 Å². The van der Waals surface area contributed by atoms with E-state index in [1.54, 1.807) is 0 Å². The van der Waals surface area contributed by atoms with Gasteiger partial charge >= 0.3 is 6.03 Å². The lowest BCUT2D eigenvalue weighted by molar-refractivity contribution is -0.133. The second-order valence-corrected chi connectivity index (χ2v) is 7.25. The maximum atomic E-state index is 12.9. The number of hydrogen-bond donors (Lipinski definition) is 2. The van der Waals surface area contributed by atoms with Crippen LogP contribution in [-0.2, 0) is 4.79 Å². The van der Waals surface area contributed by atoms with Gasteiger partial charge in [0.2, 0.25) is 0 Å². The Balaban J connectivity index is 1.64. The first-order valence-corrected chi connectivity index (χ1v) is 8.61. The Morgan fingerprint density at radius 2 is 1.82 bits per heavy atom. The van der Waals surface area contributed by atoms with Crippen molar-refractivity contribution < 1.29 is 9.59 Å². The molecule has 22 heavy (non-hydrogen) atoms. The number of hydrogen-bond acceptors (Lipinski definition) is 4. The number of nitrogens with zero attached hydrogens (tertiary/aromatic N) is 2. The molecule has 3 rings (SSSR count). The highest BCUT2D eigenvalue weighted by Gasteiger charge is 2.52. The molecule has 6 heteroatoms. The number of likely N-dealkylation sites (tertiary alicyclic amines) is 1. The molecule has 0 aliphatic carbocycles. The molecule has 0 bridgehead atoms. The minimum atomic E-state index is -0.630. The fourth-order valence-corrected chi connectivity index (χ4v) is 3.93. The zero-order valence-corrected chi connectivity index (χ0v) is 13.7. The molecule has 0 aromatic heterocycles. The molecule has 2 N–H and O–H groups in total. The fourth-order valence-electron chi connectivity index (χ4n) is 3.93. The minimum Gasteiger partial charge on any atom is -0.323 e. The average molecular weight is 308 g/mol. The van der Waals surface area contributed by atoms with Crippen molar-refractivity contribution in [1.29, 1.82) is 0 Å². The molecule has 3 amide bonds. The van der Waals surface area contributed by atoms with Crippen LogP contribution >= 0.6 is 0 Å². The molecule has 0 radical (unpaired) electrons. The third-order valence-electron chi connectivity index (χ3n) is 5.53. The van der Waals surface area contributed by atoms with Crippen molar-refractivity contribution in [3.63, 3.8) is 0 Å². The van der Waals surface area contributed by atoms with Crippen LogP contribution < -0.4 is 10.6 Å². The molecule has 6 nitrogen and oxygen atoms in total. The Bertz CT molecular complexity index is 437. The standard InChI is InChI=1S/C16H28N4O2/c1-12(2)19-9-5-16(6-10-19)14(21)20(15(22)18-16)11-13-3-7-17-8-4-13/h12-13,17H,3-11H2,1-2H3,(H,18,22). The molecule has 0 aromatic rings. The van der Waals surface area contributed by atoms with Crippen LogP contribution in [0.25, 0.3) is 0 Å². The number of rotatable bonds is 3. The number of nitrogens with one attached hydrogen (secondary N) is 2. The van der Waals surface area contributed by atoms with E-state index in [4.69, 9.17) is 0 Å². The van der Waals surface area contributed by atoms with E-state index in [9.17, 15) is 9.59 Å². The maximum absolute atomic E-state index is 12.9. The zero-order valence-electron chi connectivity index (χ0n) is 13.7. The normalized spacial score (nSPS) is 27.0. The molecule has 3 saturated heterocycles. The Labute approximate surface area is 132 Å². The summed E-state index contributed by atoms with van der Waals surface area (Å²) in [6.07, 6.45) is 3.56. The predicted octanol–water partition coefficient (Wildman–Crippen LogP) is 0.781. The number of carbonyl (C=O) groups excluding carboxylic acids is 2. The molecule has 1 spiro atoms. The van der Waals surface area contributed by atoms with Gasteiger partial charge in [0.1, 0.15) is 5.54 Å². The lowest BCUT2D eigenvalue weighted by atomic mass is 9.86. The number of carbonyl (C=O) groups is 2. The van der Waals surface area contributed by atoms with Crippen LogP contribution in [0, 0.1) is 5.92 Å². The Morgan fingerprint density at radius 3 is 2.41 bits per heavy atom. The van der Waals surface area contributed by atoms with Crippen LogP contribution in [0.4, 0.5) is 4.79 Å². The predicted molar refractivity (Wildman–Crippen MR) is 84.5 cm³/mol. The summed E-state index contributed by atoms with van der Waals surface area (Å²) in [4.78, 5) is 29.0. The first-order valence-electron chi connectivity index (χ1n) is 8.61. The van der Waals surface area contributed by atoms with Gasteiger partial charge in [0, 0.05) is 25.7 Å². The summed E-state index contributed by atoms with van der Waals surface area (Å²) in [6.45, 7) is 8.68. The number of urea groups is 1. The monoisotopic (exact) mass is 308 g/mol. The number of piperidine rings is 2. The summed E-state index contributed by atoms with van der Waals surface area (Å²) >= 11 is 0. The largest absolute Gasteiger partial charge is 0.325 e. The van der Waals surface area contributed by atoms with Crippen LogP contribution in [0.3, 0.4) is 0 Å². The molecule has 0 saturated carbocycles. The molecule has 3 heterocycles. The van der Waals surface area contributed by atoms with Gasteiger partial charge in [-0.05, 0) is 58.5 Å². The molecular weight excluding hydrogens is 280 g/mol. The molecule has 3 aliphatic heterocycles. The van der Waals surface area contributed by atoms with E-state index in [0.29, 0.717) is 18.5 Å². The summed E-state index contributed by atoms with van der Waals surface area (Å²) < 4.78 is 0. The quantitative estimate of drug-likeness (QED) is 0.756. The highest BCUT2D eigenvalue weighted by molar-refractivity contribution is 6.07. The van der Waals surface area contributed by atoms with E-state index < -0.39 is 5.54 Å². The highest BCUT2D eigenvalue weighted by Crippen LogP contribution is 2.31. The molecule has 124 valence electrons. The molecule has 0 atom stereocenters. The third kappa shape index (κ3) is 2.86. The van der Waals surface area contributed by atoms with E-state index in [2.05, 4.69) is 29.4 Å². The van der Waals surface area contributed by atoms with Crippen molar-refractivity contribution in [2.75, 3.05) is 32.7 Å². The third-order valence-corrected chi connectivity index (χ3v) is 5.53. The van der Waals surface area contributed by atoms with Gasteiger partial charge in [-0.15, -0.1) is 0 Å². The molecule has 3 fully saturated rings. The van der Waals surface area contributed by atoms with Crippen molar-refractivity contribution >= 4 is 11.9 Å². The summed E-state index contributed by atoms with van der Waals surface area (Å²) in [7, 11) is 0. The van der Waals surface area contributed by atoms with Crippen LogP contribution in [0.15, 0.2) is 0 Å². The van der Waals surface area contributed by atoms with Crippen LogP contribution in [0.5, 0.6) is 0 Å². The number of amides is 3. The van der Waals surface area contributed by atoms with Crippen molar-refractivity contribution in [3.05, 3.63) is 0 Å². The Hall–Kier alpha value is -1.14. The summed E-state index contributed by atoms with van der Waals surface area (Å²) in [5.41, 5.74) is -0.630. The second-order valence-electron chi connectivity index (χ2n) is 7.25. The molecule has 0 aromatic carbocycles. The first-order chi connectivity index (χ1) is 10.5. The Morgan fingerprint density at radius 1 is 1.18 bits per heavy atom. The second kappa shape index (κ2) is 6.16. The van der Waals surface area contributed by atoms with Gasteiger partial charge in [-0.25, -0.2) is 4.79 Å². The van der Waals surface area contributed by atoms with Gasteiger partial charge in [-0.1, -0.05) is 0 Å². The lowest BCUT2D eigenvalue weighted by Gasteiger charge is -2.39. The Kier molecular flexibility index (Phi) is 4.41. The summed E-state index contributed by atoms with van der Waals surface area (Å²) in [5, 5.41) is 6.34. The zero-order chi connectivity index (χ0) is 15.7. The van der Waals surface area contributed by atoms with E-state index in [1.807, 2.05) is 0 Å². The summed E-state index contributed by atoms with van der Waals surface area (Å²) in [5.74, 6) is 0.460. The number of imide groups is 1. The van der Waals surface area contributed by atoms with Gasteiger partial charge in [0.25, 0.3) is 5.91 Å². The van der Waals surface area contributed by atoms with Crippen LogP contribution in [0.2, 0.25) is 0 Å². The van der Waals surface area contributed by atoms with Gasteiger partial charge in [-0.3, -0.25) is 9.69 Å². The topological polar surface area (TPSA) is 64.7 Å². The van der Waals surface area contributed by atoms with Gasteiger partial charge in [0.05, 0.1) is 0 Å². The van der Waals surface area contributed by atoms with Gasteiger partial charge in [0.15, 0.2) is 0 Å². The smallest absolute Gasteiger partial charge is 0.323 e. The van der Waals surface area contributed by atoms with Gasteiger partial charge < -0.3 is 15.5 Å². The van der Waals surface area contributed by atoms with E-state index >= 15 is 0 Å². The van der Waals surface area contributed by atoms with Gasteiger partial charge in [-0.2, -0.15) is 0 Å².